The minimum Gasteiger partial charge on any atom is -0.483 e. The molecule has 0 saturated carbocycles. The second-order valence-corrected chi connectivity index (χ2v) is 7.61. The Morgan fingerprint density at radius 3 is 2.64 bits per heavy atom. The van der Waals surface area contributed by atoms with Crippen molar-refractivity contribution in [3.63, 3.8) is 0 Å². The molecule has 4 rings (SSSR count). The first kappa shape index (κ1) is 16.7. The smallest absolute Gasteiger partial charge is 0.251 e. The third kappa shape index (κ3) is 3.34. The van der Waals surface area contributed by atoms with Crippen LogP contribution in [0, 0.1) is 5.92 Å². The summed E-state index contributed by atoms with van der Waals surface area (Å²) in [7, 11) is 0. The van der Waals surface area contributed by atoms with Gasteiger partial charge in [-0.05, 0) is 56.3 Å². The number of benzene rings is 1. The summed E-state index contributed by atoms with van der Waals surface area (Å²) in [4.78, 5) is 15.1. The van der Waals surface area contributed by atoms with Gasteiger partial charge in [0.05, 0.1) is 0 Å². The van der Waals surface area contributed by atoms with E-state index >= 15 is 0 Å². The molecule has 1 aromatic carbocycles. The van der Waals surface area contributed by atoms with Gasteiger partial charge in [0, 0.05) is 24.7 Å². The number of ether oxygens (including phenoxy) is 2. The average molecular weight is 344 g/mol. The number of piperidine rings is 1. The van der Waals surface area contributed by atoms with Crippen molar-refractivity contribution in [2.75, 3.05) is 19.6 Å². The van der Waals surface area contributed by atoms with Gasteiger partial charge in [-0.15, -0.1) is 0 Å². The lowest BCUT2D eigenvalue weighted by Crippen LogP contribution is -2.47. The Kier molecular flexibility index (Phi) is 4.59. The Morgan fingerprint density at radius 1 is 1.16 bits per heavy atom. The van der Waals surface area contributed by atoms with Gasteiger partial charge < -0.3 is 19.7 Å². The van der Waals surface area contributed by atoms with E-state index < -0.39 is 0 Å². The highest BCUT2D eigenvalue weighted by Crippen LogP contribution is 2.36. The highest BCUT2D eigenvalue weighted by molar-refractivity contribution is 5.95. The maximum Gasteiger partial charge on any atom is 0.251 e. The molecule has 5 atom stereocenters. The van der Waals surface area contributed by atoms with E-state index in [1.165, 1.54) is 19.5 Å². The maximum atomic E-state index is 12.7. The topological polar surface area (TPSA) is 50.8 Å². The van der Waals surface area contributed by atoms with Crippen LogP contribution < -0.4 is 14.8 Å². The standard InChI is InChI=1S/C20H28N2O3/c1-3-16-17(4-2)25-19-10-14(5-6-18(19)24-16)20(23)21-15-9-13-7-8-22(11-13)12-15/h5-6,10,13,15-17H,3-4,7-9,11-12H2,1-2H3,(H,21,23)/t13-,15-,16-,17-/m0/s1. The zero-order valence-electron chi connectivity index (χ0n) is 15.2. The highest BCUT2D eigenvalue weighted by atomic mass is 16.6. The van der Waals surface area contributed by atoms with Crippen LogP contribution in [-0.4, -0.2) is 48.7 Å². The molecule has 25 heavy (non-hydrogen) atoms. The number of rotatable bonds is 4. The number of hydrogen-bond donors (Lipinski definition) is 1. The van der Waals surface area contributed by atoms with E-state index in [4.69, 9.17) is 9.47 Å². The molecule has 5 nitrogen and oxygen atoms in total. The number of carbonyl (C=O) groups is 1. The number of hydrogen-bond acceptors (Lipinski definition) is 4. The molecule has 3 aliphatic rings. The van der Waals surface area contributed by atoms with Crippen molar-refractivity contribution in [3.8, 4) is 11.5 Å². The molecule has 0 aromatic heterocycles. The first-order valence-electron chi connectivity index (χ1n) is 9.66. The average Bonchev–Trinajstić information content (AvgIpc) is 2.98. The van der Waals surface area contributed by atoms with Crippen LogP contribution in [-0.2, 0) is 0 Å². The van der Waals surface area contributed by atoms with E-state index in [2.05, 4.69) is 24.1 Å². The molecule has 1 unspecified atom stereocenters. The molecule has 0 aliphatic carbocycles. The molecule has 2 saturated heterocycles. The van der Waals surface area contributed by atoms with Gasteiger partial charge in [0.15, 0.2) is 11.5 Å². The van der Waals surface area contributed by atoms with E-state index in [9.17, 15) is 4.79 Å². The number of amides is 1. The molecule has 136 valence electrons. The Bertz CT molecular complexity index is 636. The number of nitrogens with one attached hydrogen (secondary N) is 1. The molecule has 0 spiro atoms. The first-order chi connectivity index (χ1) is 12.2. The lowest BCUT2D eigenvalue weighted by molar-refractivity contribution is 0.0168. The largest absolute Gasteiger partial charge is 0.483 e. The minimum absolute atomic E-state index is 0.00966. The van der Waals surface area contributed by atoms with Crippen LogP contribution in [0.2, 0.25) is 0 Å². The second-order valence-electron chi connectivity index (χ2n) is 7.61. The van der Waals surface area contributed by atoms with Gasteiger partial charge in [-0.3, -0.25) is 4.79 Å². The van der Waals surface area contributed by atoms with Crippen molar-refractivity contribution in [2.24, 2.45) is 5.92 Å². The summed E-state index contributed by atoms with van der Waals surface area (Å²) in [5.74, 6) is 2.17. The van der Waals surface area contributed by atoms with Gasteiger partial charge in [0.2, 0.25) is 0 Å². The Balaban J connectivity index is 1.45. The molecule has 1 amide bonds. The highest BCUT2D eigenvalue weighted by Gasteiger charge is 2.33. The van der Waals surface area contributed by atoms with Gasteiger partial charge in [-0.1, -0.05) is 13.8 Å². The van der Waals surface area contributed by atoms with Crippen molar-refractivity contribution >= 4 is 5.91 Å². The predicted molar refractivity (Wildman–Crippen MR) is 96.3 cm³/mol. The monoisotopic (exact) mass is 344 g/mol. The van der Waals surface area contributed by atoms with Gasteiger partial charge in [0.1, 0.15) is 12.2 Å². The van der Waals surface area contributed by atoms with Crippen LogP contribution >= 0.6 is 0 Å². The van der Waals surface area contributed by atoms with Crippen molar-refractivity contribution in [1.82, 2.24) is 10.2 Å². The molecule has 2 bridgehead atoms. The van der Waals surface area contributed by atoms with E-state index in [0.29, 0.717) is 11.3 Å². The van der Waals surface area contributed by atoms with E-state index in [1.807, 2.05) is 18.2 Å². The fourth-order valence-electron chi connectivity index (χ4n) is 4.44. The number of fused-ring (bicyclic) bond motifs is 3. The van der Waals surface area contributed by atoms with E-state index in [1.54, 1.807) is 0 Å². The summed E-state index contributed by atoms with van der Waals surface area (Å²) in [6, 6.07) is 5.80. The summed E-state index contributed by atoms with van der Waals surface area (Å²) in [5, 5.41) is 3.21. The van der Waals surface area contributed by atoms with Crippen LogP contribution in [0.25, 0.3) is 0 Å². The fourth-order valence-corrected chi connectivity index (χ4v) is 4.44. The number of carbonyl (C=O) groups excluding carboxylic acids is 1. The molecule has 0 radical (unpaired) electrons. The van der Waals surface area contributed by atoms with Crippen molar-refractivity contribution < 1.29 is 14.3 Å². The van der Waals surface area contributed by atoms with Crippen LogP contribution in [0.5, 0.6) is 11.5 Å². The van der Waals surface area contributed by atoms with E-state index in [0.717, 1.165) is 37.5 Å². The quantitative estimate of drug-likeness (QED) is 0.912. The molecule has 1 aromatic rings. The van der Waals surface area contributed by atoms with Crippen LogP contribution in [0.1, 0.15) is 49.9 Å². The Hall–Kier alpha value is -1.75. The van der Waals surface area contributed by atoms with Crippen molar-refractivity contribution in [2.45, 2.75) is 57.8 Å². The maximum absolute atomic E-state index is 12.7. The van der Waals surface area contributed by atoms with Gasteiger partial charge in [-0.2, -0.15) is 0 Å². The SMILES string of the molecule is CC[C@@H]1Oc2ccc(C(=O)N[C@H]3C[C@@H]4CCN(C4)C3)cc2O[C@H]1CC. The fraction of sp³-hybridized carbons (Fsp3) is 0.650. The van der Waals surface area contributed by atoms with Crippen molar-refractivity contribution in [1.29, 1.82) is 0 Å². The lowest BCUT2D eigenvalue weighted by Gasteiger charge is -2.33. The molecular formula is C20H28N2O3. The second kappa shape index (κ2) is 6.87. The Labute approximate surface area is 149 Å². The third-order valence-corrected chi connectivity index (χ3v) is 5.78. The molecule has 1 N–H and O–H groups in total. The molecule has 3 heterocycles. The third-order valence-electron chi connectivity index (χ3n) is 5.78. The number of nitrogens with zero attached hydrogens (tertiary/aromatic N) is 1. The summed E-state index contributed by atoms with van der Waals surface area (Å²) >= 11 is 0. The normalized spacial score (nSPS) is 33.1. The lowest BCUT2D eigenvalue weighted by atomic mass is 9.96. The van der Waals surface area contributed by atoms with Crippen molar-refractivity contribution in [3.05, 3.63) is 23.8 Å². The van der Waals surface area contributed by atoms with Crippen LogP contribution in [0.4, 0.5) is 0 Å². The molecule has 3 aliphatic heterocycles. The summed E-state index contributed by atoms with van der Waals surface area (Å²) in [5.41, 5.74) is 0.653. The van der Waals surface area contributed by atoms with Gasteiger partial charge in [0.25, 0.3) is 5.91 Å². The molecular weight excluding hydrogens is 316 g/mol. The summed E-state index contributed by atoms with van der Waals surface area (Å²) in [6.45, 7) is 7.57. The molecule has 2 fully saturated rings. The Morgan fingerprint density at radius 2 is 1.92 bits per heavy atom. The first-order valence-corrected chi connectivity index (χ1v) is 9.66. The predicted octanol–water partition coefficient (Wildman–Crippen LogP) is 2.84. The zero-order valence-corrected chi connectivity index (χ0v) is 15.2. The summed E-state index contributed by atoms with van der Waals surface area (Å²) in [6.07, 6.45) is 4.32. The minimum atomic E-state index is -0.00966. The van der Waals surface area contributed by atoms with Gasteiger partial charge in [-0.25, -0.2) is 0 Å². The molecule has 5 heteroatoms. The zero-order chi connectivity index (χ0) is 17.4. The van der Waals surface area contributed by atoms with Crippen LogP contribution in [0.15, 0.2) is 18.2 Å². The van der Waals surface area contributed by atoms with Gasteiger partial charge >= 0.3 is 0 Å². The van der Waals surface area contributed by atoms with Crippen LogP contribution in [0.3, 0.4) is 0 Å². The summed E-state index contributed by atoms with van der Waals surface area (Å²) < 4.78 is 12.1. The van der Waals surface area contributed by atoms with E-state index in [-0.39, 0.29) is 24.2 Å².